The number of nitrogen functional groups attached to an aromatic ring is 1. The minimum atomic E-state index is 0.586. The van der Waals surface area contributed by atoms with Crippen LogP contribution in [0.1, 0.15) is 5.56 Å². The second kappa shape index (κ2) is 4.59. The first-order valence-corrected chi connectivity index (χ1v) is 6.61. The number of rotatable bonds is 2. The summed E-state index contributed by atoms with van der Waals surface area (Å²) in [4.78, 5) is 0. The Morgan fingerprint density at radius 1 is 1.16 bits per heavy atom. The lowest BCUT2D eigenvalue weighted by Gasteiger charge is -2.00. The van der Waals surface area contributed by atoms with Crippen LogP contribution in [-0.2, 0) is 0 Å². The predicted octanol–water partition coefficient (Wildman–Crippen LogP) is 3.79. The van der Waals surface area contributed by atoms with Crippen molar-refractivity contribution in [1.82, 2.24) is 9.78 Å². The van der Waals surface area contributed by atoms with Gasteiger partial charge >= 0.3 is 0 Å². The van der Waals surface area contributed by atoms with Crippen LogP contribution in [-0.4, -0.2) is 9.78 Å². The van der Waals surface area contributed by atoms with E-state index in [9.17, 15) is 0 Å². The van der Waals surface area contributed by atoms with Crippen LogP contribution in [0.4, 0.5) is 5.69 Å². The molecule has 2 N–H and O–H groups in total. The highest BCUT2D eigenvalue weighted by molar-refractivity contribution is 9.10. The number of nitrogens with zero attached hydrogens (tertiary/aromatic N) is 2. The Hall–Kier alpha value is -2.01. The van der Waals surface area contributed by atoms with Gasteiger partial charge in [-0.1, -0.05) is 17.7 Å². The topological polar surface area (TPSA) is 57.0 Å². The van der Waals surface area contributed by atoms with E-state index >= 15 is 0 Å². The Balaban J connectivity index is 2.04. The first-order chi connectivity index (χ1) is 9.13. The third-order valence-corrected chi connectivity index (χ3v) is 3.27. The molecule has 0 fully saturated rings. The van der Waals surface area contributed by atoms with E-state index in [1.165, 1.54) is 5.56 Å². The number of anilines is 1. The predicted molar refractivity (Wildman–Crippen MR) is 78.1 cm³/mol. The standard InChI is InChI=1S/C14H12BrN3O/c1-9-2-4-10(5-3-9)18-8-11(16)14(17-18)12-6-7-13(15)19-12/h2-8H,16H2,1H3. The van der Waals surface area contributed by atoms with Gasteiger partial charge in [0, 0.05) is 0 Å². The summed E-state index contributed by atoms with van der Waals surface area (Å²) >= 11 is 3.27. The fourth-order valence-electron chi connectivity index (χ4n) is 1.85. The van der Waals surface area contributed by atoms with Crippen LogP contribution in [0.5, 0.6) is 0 Å². The highest BCUT2D eigenvalue weighted by Gasteiger charge is 2.13. The van der Waals surface area contributed by atoms with Crippen LogP contribution in [0.3, 0.4) is 0 Å². The van der Waals surface area contributed by atoms with E-state index in [-0.39, 0.29) is 0 Å². The van der Waals surface area contributed by atoms with Crippen molar-refractivity contribution >= 4 is 21.6 Å². The maximum absolute atomic E-state index is 5.99. The smallest absolute Gasteiger partial charge is 0.169 e. The highest BCUT2D eigenvalue weighted by Crippen LogP contribution is 2.28. The van der Waals surface area contributed by atoms with Crippen LogP contribution in [0.2, 0.25) is 0 Å². The number of aryl methyl sites for hydroxylation is 1. The fraction of sp³-hybridized carbons (Fsp3) is 0.0714. The van der Waals surface area contributed by atoms with Crippen molar-refractivity contribution in [2.45, 2.75) is 6.92 Å². The summed E-state index contributed by atoms with van der Waals surface area (Å²) < 4.78 is 7.89. The summed E-state index contributed by atoms with van der Waals surface area (Å²) in [7, 11) is 0. The third kappa shape index (κ3) is 2.29. The molecule has 4 nitrogen and oxygen atoms in total. The van der Waals surface area contributed by atoms with Crippen molar-refractivity contribution in [2.75, 3.05) is 5.73 Å². The number of hydrogen-bond acceptors (Lipinski definition) is 3. The molecule has 0 radical (unpaired) electrons. The van der Waals surface area contributed by atoms with Crippen molar-refractivity contribution in [3.8, 4) is 17.1 Å². The number of aromatic nitrogens is 2. The molecule has 0 unspecified atom stereocenters. The SMILES string of the molecule is Cc1ccc(-n2cc(N)c(-c3ccc(Br)o3)n2)cc1. The van der Waals surface area contributed by atoms with Crippen LogP contribution in [0.15, 0.2) is 51.7 Å². The molecule has 2 heterocycles. The van der Waals surface area contributed by atoms with Crippen molar-refractivity contribution < 1.29 is 4.42 Å². The summed E-state index contributed by atoms with van der Waals surface area (Å²) in [6, 6.07) is 11.7. The Bertz CT molecular complexity index is 713. The van der Waals surface area contributed by atoms with Gasteiger partial charge in [-0.05, 0) is 47.1 Å². The van der Waals surface area contributed by atoms with Crippen molar-refractivity contribution in [2.24, 2.45) is 0 Å². The lowest BCUT2D eigenvalue weighted by atomic mass is 10.2. The van der Waals surface area contributed by atoms with Gasteiger partial charge in [-0.3, -0.25) is 0 Å². The summed E-state index contributed by atoms with van der Waals surface area (Å²) in [5.41, 5.74) is 9.40. The van der Waals surface area contributed by atoms with Gasteiger partial charge in [0.2, 0.25) is 0 Å². The van der Waals surface area contributed by atoms with Crippen LogP contribution >= 0.6 is 15.9 Å². The first-order valence-electron chi connectivity index (χ1n) is 5.81. The zero-order valence-electron chi connectivity index (χ0n) is 10.3. The first kappa shape index (κ1) is 12.0. The number of benzene rings is 1. The molecule has 2 aromatic heterocycles. The lowest BCUT2D eigenvalue weighted by Crippen LogP contribution is -1.94. The second-order valence-corrected chi connectivity index (χ2v) is 5.10. The Kier molecular flexibility index (Phi) is 2.91. The molecule has 19 heavy (non-hydrogen) atoms. The number of nitrogens with two attached hydrogens (primary N) is 1. The summed E-state index contributed by atoms with van der Waals surface area (Å²) in [5.74, 6) is 0.648. The molecule has 0 aliphatic heterocycles. The number of halogens is 1. The van der Waals surface area contributed by atoms with Gasteiger partial charge in [0.25, 0.3) is 0 Å². The minimum Gasteiger partial charge on any atom is -0.448 e. The Morgan fingerprint density at radius 2 is 1.89 bits per heavy atom. The van der Waals surface area contributed by atoms with Crippen molar-refractivity contribution in [1.29, 1.82) is 0 Å². The van der Waals surface area contributed by atoms with E-state index in [0.29, 0.717) is 21.8 Å². The lowest BCUT2D eigenvalue weighted by molar-refractivity contribution is 0.553. The largest absolute Gasteiger partial charge is 0.448 e. The van der Waals surface area contributed by atoms with Crippen LogP contribution < -0.4 is 5.73 Å². The zero-order valence-corrected chi connectivity index (χ0v) is 11.9. The fourth-order valence-corrected chi connectivity index (χ4v) is 2.16. The average Bonchev–Trinajstić information content (AvgIpc) is 2.96. The quantitative estimate of drug-likeness (QED) is 0.782. The maximum Gasteiger partial charge on any atom is 0.169 e. The van der Waals surface area contributed by atoms with Gasteiger partial charge in [0.15, 0.2) is 16.1 Å². The average molecular weight is 318 g/mol. The molecular weight excluding hydrogens is 306 g/mol. The number of hydrogen-bond donors (Lipinski definition) is 1. The monoisotopic (exact) mass is 317 g/mol. The van der Waals surface area contributed by atoms with Crippen molar-refractivity contribution in [3.63, 3.8) is 0 Å². The second-order valence-electron chi connectivity index (χ2n) is 4.32. The van der Waals surface area contributed by atoms with Gasteiger partial charge in [-0.15, -0.1) is 0 Å². The van der Waals surface area contributed by atoms with Crippen LogP contribution in [0.25, 0.3) is 17.1 Å². The van der Waals surface area contributed by atoms with Crippen LogP contribution in [0, 0.1) is 6.92 Å². The van der Waals surface area contributed by atoms with Gasteiger partial charge in [-0.2, -0.15) is 5.10 Å². The van der Waals surface area contributed by atoms with E-state index in [4.69, 9.17) is 10.2 Å². The summed E-state index contributed by atoms with van der Waals surface area (Å²) in [5, 5.41) is 4.47. The summed E-state index contributed by atoms with van der Waals surface area (Å²) in [6.45, 7) is 2.05. The molecule has 0 bridgehead atoms. The highest BCUT2D eigenvalue weighted by atomic mass is 79.9. The van der Waals surface area contributed by atoms with Gasteiger partial charge in [0.05, 0.1) is 17.6 Å². The van der Waals surface area contributed by atoms with E-state index < -0.39 is 0 Å². The van der Waals surface area contributed by atoms with E-state index in [1.807, 2.05) is 43.3 Å². The summed E-state index contributed by atoms with van der Waals surface area (Å²) in [6.07, 6.45) is 1.79. The molecule has 0 aliphatic carbocycles. The minimum absolute atomic E-state index is 0.586. The Labute approximate surface area is 119 Å². The van der Waals surface area contributed by atoms with Crippen molar-refractivity contribution in [3.05, 3.63) is 52.8 Å². The molecule has 0 aliphatic rings. The normalized spacial score (nSPS) is 10.8. The number of furan rings is 1. The molecule has 1 aromatic carbocycles. The molecule has 96 valence electrons. The zero-order chi connectivity index (χ0) is 13.4. The van der Waals surface area contributed by atoms with Gasteiger partial charge < -0.3 is 10.2 Å². The third-order valence-electron chi connectivity index (χ3n) is 2.85. The molecule has 0 saturated carbocycles. The maximum atomic E-state index is 5.99. The van der Waals surface area contributed by atoms with E-state index in [2.05, 4.69) is 21.0 Å². The molecule has 0 saturated heterocycles. The molecule has 0 spiro atoms. The molecule has 0 atom stereocenters. The van der Waals surface area contributed by atoms with E-state index in [0.717, 1.165) is 5.69 Å². The van der Waals surface area contributed by atoms with E-state index in [1.54, 1.807) is 10.9 Å². The molecule has 5 heteroatoms. The molecule has 0 amide bonds. The molecule has 3 rings (SSSR count). The molecular formula is C14H12BrN3O. The van der Waals surface area contributed by atoms with Gasteiger partial charge in [0.1, 0.15) is 0 Å². The van der Waals surface area contributed by atoms with Gasteiger partial charge in [-0.25, -0.2) is 4.68 Å². The Morgan fingerprint density at radius 3 is 2.53 bits per heavy atom. The molecule has 3 aromatic rings.